The molecular formula is C12H11Cl2N3. The lowest BCUT2D eigenvalue weighted by molar-refractivity contribution is 1.06. The van der Waals surface area contributed by atoms with Crippen LogP contribution in [0.3, 0.4) is 0 Å². The second-order valence-electron chi connectivity index (χ2n) is 3.60. The van der Waals surface area contributed by atoms with Gasteiger partial charge in [0.15, 0.2) is 0 Å². The maximum atomic E-state index is 5.98. The molecule has 0 atom stereocenters. The number of nitrogens with zero attached hydrogens (tertiary/aromatic N) is 2. The minimum atomic E-state index is 0.494. The highest BCUT2D eigenvalue weighted by atomic mass is 35.5. The Bertz CT molecular complexity index is 535. The molecule has 0 amide bonds. The zero-order chi connectivity index (χ0) is 12.4. The Morgan fingerprint density at radius 3 is 2.35 bits per heavy atom. The number of nitrogen functional groups attached to an aromatic ring is 1. The molecule has 1 aromatic heterocycles. The number of anilines is 1. The van der Waals surface area contributed by atoms with Crippen molar-refractivity contribution in [2.75, 3.05) is 5.73 Å². The van der Waals surface area contributed by atoms with E-state index in [-0.39, 0.29) is 0 Å². The van der Waals surface area contributed by atoms with Crippen LogP contribution in [0.15, 0.2) is 24.5 Å². The van der Waals surface area contributed by atoms with Gasteiger partial charge in [-0.05, 0) is 24.6 Å². The quantitative estimate of drug-likeness (QED) is 0.905. The Labute approximate surface area is 110 Å². The maximum absolute atomic E-state index is 5.98. The van der Waals surface area contributed by atoms with Gasteiger partial charge in [0.1, 0.15) is 12.1 Å². The molecule has 0 radical (unpaired) electrons. The SMILES string of the molecule is CCc1c(N)ncnc1-c1cc(Cl)cc(Cl)c1. The summed E-state index contributed by atoms with van der Waals surface area (Å²) in [6.45, 7) is 2.00. The largest absolute Gasteiger partial charge is 0.383 e. The van der Waals surface area contributed by atoms with E-state index in [0.29, 0.717) is 15.9 Å². The van der Waals surface area contributed by atoms with Crippen LogP contribution in [0.25, 0.3) is 11.3 Å². The Hall–Kier alpha value is -1.32. The summed E-state index contributed by atoms with van der Waals surface area (Å²) >= 11 is 12.0. The number of rotatable bonds is 2. The molecule has 0 bridgehead atoms. The second-order valence-corrected chi connectivity index (χ2v) is 4.47. The summed E-state index contributed by atoms with van der Waals surface area (Å²) in [5.74, 6) is 0.494. The van der Waals surface area contributed by atoms with Crippen LogP contribution in [0.1, 0.15) is 12.5 Å². The van der Waals surface area contributed by atoms with Gasteiger partial charge in [0, 0.05) is 21.2 Å². The molecule has 0 fully saturated rings. The lowest BCUT2D eigenvalue weighted by Gasteiger charge is -2.09. The van der Waals surface area contributed by atoms with E-state index in [1.54, 1.807) is 6.07 Å². The van der Waals surface area contributed by atoms with Gasteiger partial charge in [-0.1, -0.05) is 30.1 Å². The zero-order valence-corrected chi connectivity index (χ0v) is 10.8. The average molecular weight is 268 g/mol. The van der Waals surface area contributed by atoms with Crippen LogP contribution >= 0.6 is 23.2 Å². The number of hydrogen-bond acceptors (Lipinski definition) is 3. The van der Waals surface area contributed by atoms with Crippen molar-refractivity contribution in [1.29, 1.82) is 0 Å². The van der Waals surface area contributed by atoms with Crippen molar-refractivity contribution in [3.8, 4) is 11.3 Å². The number of benzene rings is 1. The molecule has 3 nitrogen and oxygen atoms in total. The Kier molecular flexibility index (Phi) is 3.50. The second kappa shape index (κ2) is 4.90. The van der Waals surface area contributed by atoms with Gasteiger partial charge in [-0.2, -0.15) is 0 Å². The fourth-order valence-electron chi connectivity index (χ4n) is 1.71. The molecule has 88 valence electrons. The van der Waals surface area contributed by atoms with Crippen molar-refractivity contribution in [3.63, 3.8) is 0 Å². The summed E-state index contributed by atoms with van der Waals surface area (Å²) in [4.78, 5) is 8.24. The van der Waals surface area contributed by atoms with Crippen LogP contribution in [0, 0.1) is 0 Å². The summed E-state index contributed by atoms with van der Waals surface area (Å²) in [6.07, 6.45) is 2.20. The summed E-state index contributed by atoms with van der Waals surface area (Å²) in [5.41, 5.74) is 8.37. The minimum absolute atomic E-state index is 0.494. The minimum Gasteiger partial charge on any atom is -0.383 e. The van der Waals surface area contributed by atoms with Crippen molar-refractivity contribution in [3.05, 3.63) is 40.1 Å². The monoisotopic (exact) mass is 267 g/mol. The van der Waals surface area contributed by atoms with Gasteiger partial charge in [0.2, 0.25) is 0 Å². The summed E-state index contributed by atoms with van der Waals surface area (Å²) in [7, 11) is 0. The van der Waals surface area contributed by atoms with E-state index < -0.39 is 0 Å². The molecule has 0 spiro atoms. The van der Waals surface area contributed by atoms with Crippen molar-refractivity contribution in [2.45, 2.75) is 13.3 Å². The Morgan fingerprint density at radius 1 is 1.12 bits per heavy atom. The van der Waals surface area contributed by atoms with Gasteiger partial charge >= 0.3 is 0 Å². The number of nitrogens with two attached hydrogens (primary N) is 1. The molecule has 0 saturated carbocycles. The Balaban J connectivity index is 2.63. The third kappa shape index (κ3) is 2.51. The van der Waals surface area contributed by atoms with Crippen molar-refractivity contribution < 1.29 is 0 Å². The molecule has 0 aliphatic heterocycles. The highest BCUT2D eigenvalue weighted by molar-refractivity contribution is 6.35. The van der Waals surface area contributed by atoms with Gasteiger partial charge in [0.25, 0.3) is 0 Å². The smallest absolute Gasteiger partial charge is 0.130 e. The van der Waals surface area contributed by atoms with Crippen molar-refractivity contribution >= 4 is 29.0 Å². The lowest BCUT2D eigenvalue weighted by Crippen LogP contribution is -2.01. The molecule has 2 rings (SSSR count). The van der Waals surface area contributed by atoms with Crippen LogP contribution < -0.4 is 5.73 Å². The van der Waals surface area contributed by atoms with E-state index >= 15 is 0 Å². The molecule has 0 unspecified atom stereocenters. The highest BCUT2D eigenvalue weighted by Crippen LogP contribution is 2.29. The molecule has 17 heavy (non-hydrogen) atoms. The van der Waals surface area contributed by atoms with Crippen LogP contribution in [0.5, 0.6) is 0 Å². The van der Waals surface area contributed by atoms with E-state index in [9.17, 15) is 0 Å². The molecule has 1 aromatic carbocycles. The maximum Gasteiger partial charge on any atom is 0.130 e. The average Bonchev–Trinajstić information content (AvgIpc) is 2.27. The first-order valence-electron chi connectivity index (χ1n) is 5.17. The van der Waals surface area contributed by atoms with E-state index in [4.69, 9.17) is 28.9 Å². The molecule has 2 N–H and O–H groups in total. The van der Waals surface area contributed by atoms with Crippen molar-refractivity contribution in [1.82, 2.24) is 9.97 Å². The fraction of sp³-hybridized carbons (Fsp3) is 0.167. The zero-order valence-electron chi connectivity index (χ0n) is 9.24. The van der Waals surface area contributed by atoms with Gasteiger partial charge in [-0.3, -0.25) is 0 Å². The number of hydrogen-bond donors (Lipinski definition) is 1. The third-order valence-corrected chi connectivity index (χ3v) is 2.90. The molecule has 2 aromatic rings. The summed E-state index contributed by atoms with van der Waals surface area (Å²) in [6, 6.07) is 5.31. The normalized spacial score (nSPS) is 10.5. The van der Waals surface area contributed by atoms with Crippen molar-refractivity contribution in [2.24, 2.45) is 0 Å². The molecule has 0 aliphatic carbocycles. The van der Waals surface area contributed by atoms with Crippen LogP contribution in [-0.2, 0) is 6.42 Å². The topological polar surface area (TPSA) is 51.8 Å². The first-order valence-corrected chi connectivity index (χ1v) is 5.93. The predicted octanol–water partition coefficient (Wildman–Crippen LogP) is 3.60. The van der Waals surface area contributed by atoms with Gasteiger partial charge in [-0.25, -0.2) is 9.97 Å². The van der Waals surface area contributed by atoms with E-state index in [2.05, 4.69) is 9.97 Å². The first-order chi connectivity index (χ1) is 8.11. The fourth-order valence-corrected chi connectivity index (χ4v) is 2.24. The molecule has 0 aliphatic rings. The third-order valence-electron chi connectivity index (χ3n) is 2.47. The molecule has 5 heteroatoms. The molecule has 0 saturated heterocycles. The standard InChI is InChI=1S/C12H11Cl2N3/c1-2-10-11(16-6-17-12(10)15)7-3-8(13)5-9(14)4-7/h3-6H,2H2,1H3,(H2,15,16,17). The number of aromatic nitrogens is 2. The number of halogens is 2. The Morgan fingerprint density at radius 2 is 1.76 bits per heavy atom. The van der Waals surface area contributed by atoms with E-state index in [0.717, 1.165) is 23.2 Å². The molecular weight excluding hydrogens is 257 g/mol. The van der Waals surface area contributed by atoms with Crippen LogP contribution in [0.2, 0.25) is 10.0 Å². The van der Waals surface area contributed by atoms with Crippen LogP contribution in [-0.4, -0.2) is 9.97 Å². The van der Waals surface area contributed by atoms with Crippen LogP contribution in [0.4, 0.5) is 5.82 Å². The van der Waals surface area contributed by atoms with Gasteiger partial charge < -0.3 is 5.73 Å². The van der Waals surface area contributed by atoms with E-state index in [1.165, 1.54) is 6.33 Å². The molecule has 1 heterocycles. The predicted molar refractivity (Wildman–Crippen MR) is 71.3 cm³/mol. The highest BCUT2D eigenvalue weighted by Gasteiger charge is 2.10. The van der Waals surface area contributed by atoms with Gasteiger partial charge in [-0.15, -0.1) is 0 Å². The summed E-state index contributed by atoms with van der Waals surface area (Å²) in [5, 5.41) is 1.15. The first kappa shape index (κ1) is 12.1. The van der Waals surface area contributed by atoms with Gasteiger partial charge in [0.05, 0.1) is 5.69 Å². The lowest BCUT2D eigenvalue weighted by atomic mass is 10.0. The summed E-state index contributed by atoms with van der Waals surface area (Å²) < 4.78 is 0. The van der Waals surface area contributed by atoms with E-state index in [1.807, 2.05) is 19.1 Å².